The van der Waals surface area contributed by atoms with Gasteiger partial charge in [0.25, 0.3) is 0 Å². The van der Waals surface area contributed by atoms with Crippen molar-refractivity contribution in [1.29, 1.82) is 0 Å². The van der Waals surface area contributed by atoms with Crippen LogP contribution in [0.1, 0.15) is 31.2 Å². The van der Waals surface area contributed by atoms with Crippen molar-refractivity contribution in [3.63, 3.8) is 0 Å². The molecule has 1 N–H and O–H groups in total. The first-order valence-corrected chi connectivity index (χ1v) is 8.65. The number of morpholine rings is 1. The van der Waals surface area contributed by atoms with Crippen LogP contribution in [0.2, 0.25) is 0 Å². The molecule has 2 heterocycles. The average molecular weight is 318 g/mol. The first-order chi connectivity index (χ1) is 11.2. The number of aromatic hydroxyl groups is 1. The van der Waals surface area contributed by atoms with E-state index in [0.29, 0.717) is 38.1 Å². The molecule has 5 nitrogen and oxygen atoms in total. The second-order valence-corrected chi connectivity index (χ2v) is 6.43. The SMILES string of the molecule is O=C(N1CCOCC1)N1CCCCC1CCc1ccc(O)cc1. The fourth-order valence-corrected chi connectivity index (χ4v) is 3.48. The van der Waals surface area contributed by atoms with Crippen LogP contribution < -0.4 is 0 Å². The summed E-state index contributed by atoms with van der Waals surface area (Å²) in [5.74, 6) is 0.301. The van der Waals surface area contributed by atoms with Gasteiger partial charge in [0.2, 0.25) is 0 Å². The van der Waals surface area contributed by atoms with Crippen molar-refractivity contribution in [3.8, 4) is 5.75 Å². The van der Waals surface area contributed by atoms with Gasteiger partial charge >= 0.3 is 6.03 Å². The van der Waals surface area contributed by atoms with E-state index in [9.17, 15) is 9.90 Å². The fraction of sp³-hybridized carbons (Fsp3) is 0.611. The van der Waals surface area contributed by atoms with Crippen LogP contribution in [0.4, 0.5) is 4.79 Å². The van der Waals surface area contributed by atoms with E-state index in [-0.39, 0.29) is 6.03 Å². The maximum absolute atomic E-state index is 12.8. The van der Waals surface area contributed by atoms with Crippen molar-refractivity contribution < 1.29 is 14.6 Å². The van der Waals surface area contributed by atoms with E-state index in [1.54, 1.807) is 12.1 Å². The third kappa shape index (κ3) is 4.16. The number of phenolic OH excluding ortho intramolecular Hbond substituents is 1. The summed E-state index contributed by atoms with van der Waals surface area (Å²) in [7, 11) is 0. The van der Waals surface area contributed by atoms with Crippen LogP contribution in [-0.4, -0.2) is 59.8 Å². The summed E-state index contributed by atoms with van der Waals surface area (Å²) < 4.78 is 5.35. The summed E-state index contributed by atoms with van der Waals surface area (Å²) in [6, 6.07) is 7.90. The van der Waals surface area contributed by atoms with E-state index in [2.05, 4.69) is 4.90 Å². The van der Waals surface area contributed by atoms with Crippen molar-refractivity contribution in [1.82, 2.24) is 9.80 Å². The number of benzene rings is 1. The number of carbonyl (C=O) groups is 1. The third-order valence-electron chi connectivity index (χ3n) is 4.86. The van der Waals surface area contributed by atoms with Crippen LogP contribution in [0.3, 0.4) is 0 Å². The zero-order valence-electron chi connectivity index (χ0n) is 13.6. The molecule has 0 bridgehead atoms. The number of hydrogen-bond donors (Lipinski definition) is 1. The van der Waals surface area contributed by atoms with Crippen molar-refractivity contribution in [2.24, 2.45) is 0 Å². The second kappa shape index (κ2) is 7.68. The van der Waals surface area contributed by atoms with E-state index >= 15 is 0 Å². The highest BCUT2D eigenvalue weighted by molar-refractivity contribution is 5.75. The van der Waals surface area contributed by atoms with E-state index in [0.717, 1.165) is 32.2 Å². The maximum Gasteiger partial charge on any atom is 0.320 e. The Morgan fingerprint density at radius 1 is 1.13 bits per heavy atom. The lowest BCUT2D eigenvalue weighted by Gasteiger charge is -2.40. The molecule has 0 spiro atoms. The number of nitrogens with zero attached hydrogens (tertiary/aromatic N) is 2. The second-order valence-electron chi connectivity index (χ2n) is 6.43. The third-order valence-corrected chi connectivity index (χ3v) is 4.86. The highest BCUT2D eigenvalue weighted by Gasteiger charge is 2.30. The molecule has 5 heteroatoms. The van der Waals surface area contributed by atoms with Crippen LogP contribution in [0.5, 0.6) is 5.75 Å². The minimum atomic E-state index is 0.184. The molecule has 2 aliphatic rings. The van der Waals surface area contributed by atoms with Crippen LogP contribution in [0, 0.1) is 0 Å². The molecule has 0 aromatic heterocycles. The summed E-state index contributed by atoms with van der Waals surface area (Å²) in [4.78, 5) is 16.8. The molecule has 1 aromatic carbocycles. The van der Waals surface area contributed by atoms with Gasteiger partial charge in [-0.2, -0.15) is 0 Å². The van der Waals surface area contributed by atoms with Crippen LogP contribution in [0.15, 0.2) is 24.3 Å². The van der Waals surface area contributed by atoms with Gasteiger partial charge in [0.05, 0.1) is 13.2 Å². The molecular weight excluding hydrogens is 292 g/mol. The number of rotatable bonds is 3. The van der Waals surface area contributed by atoms with Gasteiger partial charge in [-0.3, -0.25) is 0 Å². The average Bonchev–Trinajstić information content (AvgIpc) is 2.62. The molecule has 1 aromatic rings. The van der Waals surface area contributed by atoms with E-state index < -0.39 is 0 Å². The van der Waals surface area contributed by atoms with Gasteiger partial charge in [0.1, 0.15) is 5.75 Å². The Morgan fingerprint density at radius 3 is 2.61 bits per heavy atom. The van der Waals surface area contributed by atoms with Gasteiger partial charge in [0, 0.05) is 25.7 Å². The largest absolute Gasteiger partial charge is 0.508 e. The Labute approximate surface area is 137 Å². The number of carbonyl (C=O) groups excluding carboxylic acids is 1. The Balaban J connectivity index is 1.59. The zero-order valence-corrected chi connectivity index (χ0v) is 13.6. The van der Waals surface area contributed by atoms with Crippen molar-refractivity contribution in [3.05, 3.63) is 29.8 Å². The van der Waals surface area contributed by atoms with Crippen LogP contribution in [-0.2, 0) is 11.2 Å². The Bertz CT molecular complexity index is 512. The number of amides is 2. The number of urea groups is 1. The summed E-state index contributed by atoms with van der Waals surface area (Å²) in [5, 5.41) is 9.36. The molecule has 3 rings (SSSR count). The lowest BCUT2D eigenvalue weighted by molar-refractivity contribution is 0.0350. The molecule has 0 saturated carbocycles. The topological polar surface area (TPSA) is 53.0 Å². The van der Waals surface area contributed by atoms with Gasteiger partial charge in [-0.1, -0.05) is 12.1 Å². The predicted molar refractivity (Wildman–Crippen MR) is 88.6 cm³/mol. The number of hydrogen-bond acceptors (Lipinski definition) is 3. The summed E-state index contributed by atoms with van der Waals surface area (Å²) >= 11 is 0. The predicted octanol–water partition coefficient (Wildman–Crippen LogP) is 2.63. The molecule has 126 valence electrons. The van der Waals surface area contributed by atoms with E-state index in [1.165, 1.54) is 12.0 Å². The van der Waals surface area contributed by atoms with E-state index in [1.807, 2.05) is 17.0 Å². The molecule has 23 heavy (non-hydrogen) atoms. The number of piperidine rings is 1. The highest BCUT2D eigenvalue weighted by Crippen LogP contribution is 2.23. The number of aryl methyl sites for hydroxylation is 1. The van der Waals surface area contributed by atoms with Crippen LogP contribution in [0.25, 0.3) is 0 Å². The Kier molecular flexibility index (Phi) is 5.39. The monoisotopic (exact) mass is 318 g/mol. The molecule has 2 aliphatic heterocycles. The summed E-state index contributed by atoms with van der Waals surface area (Å²) in [6.45, 7) is 3.59. The zero-order chi connectivity index (χ0) is 16.1. The minimum Gasteiger partial charge on any atom is -0.508 e. The van der Waals surface area contributed by atoms with Gasteiger partial charge in [-0.25, -0.2) is 4.79 Å². The molecule has 2 fully saturated rings. The van der Waals surface area contributed by atoms with Crippen molar-refractivity contribution >= 4 is 6.03 Å². The normalized spacial score (nSPS) is 22.2. The number of likely N-dealkylation sites (tertiary alicyclic amines) is 1. The molecule has 0 radical (unpaired) electrons. The minimum absolute atomic E-state index is 0.184. The number of phenols is 1. The van der Waals surface area contributed by atoms with Gasteiger partial charge in [-0.05, 0) is 49.8 Å². The molecular formula is C18H26N2O3. The van der Waals surface area contributed by atoms with E-state index in [4.69, 9.17) is 4.74 Å². The first-order valence-electron chi connectivity index (χ1n) is 8.65. The smallest absolute Gasteiger partial charge is 0.320 e. The molecule has 1 unspecified atom stereocenters. The van der Waals surface area contributed by atoms with Crippen LogP contribution >= 0.6 is 0 Å². The maximum atomic E-state index is 12.8. The Hall–Kier alpha value is -1.75. The highest BCUT2D eigenvalue weighted by atomic mass is 16.5. The molecule has 0 aliphatic carbocycles. The summed E-state index contributed by atoms with van der Waals surface area (Å²) in [6.07, 6.45) is 5.33. The first kappa shape index (κ1) is 16.1. The quantitative estimate of drug-likeness (QED) is 0.932. The van der Waals surface area contributed by atoms with Gasteiger partial charge in [-0.15, -0.1) is 0 Å². The standard InChI is InChI=1S/C18H26N2O3/c21-17-8-5-15(6-9-17)4-7-16-3-1-2-10-20(16)18(22)19-11-13-23-14-12-19/h5-6,8-9,16,21H,1-4,7,10-14H2. The molecule has 2 saturated heterocycles. The van der Waals surface area contributed by atoms with Crippen molar-refractivity contribution in [2.45, 2.75) is 38.1 Å². The molecule has 2 amide bonds. The fourth-order valence-electron chi connectivity index (χ4n) is 3.48. The van der Waals surface area contributed by atoms with Gasteiger partial charge in [0.15, 0.2) is 0 Å². The van der Waals surface area contributed by atoms with Gasteiger partial charge < -0.3 is 19.6 Å². The Morgan fingerprint density at radius 2 is 1.87 bits per heavy atom. The summed E-state index contributed by atoms with van der Waals surface area (Å²) in [5.41, 5.74) is 1.21. The number of ether oxygens (including phenoxy) is 1. The molecule has 1 atom stereocenters. The lowest BCUT2D eigenvalue weighted by atomic mass is 9.96. The van der Waals surface area contributed by atoms with Crippen molar-refractivity contribution in [2.75, 3.05) is 32.8 Å². The lowest BCUT2D eigenvalue weighted by Crippen LogP contribution is -2.53.